The fourth-order valence-electron chi connectivity index (χ4n) is 3.70. The number of aromatic nitrogens is 2. The van der Waals surface area contributed by atoms with E-state index in [0.29, 0.717) is 28.4 Å². The van der Waals surface area contributed by atoms with Gasteiger partial charge < -0.3 is 20.5 Å². The number of likely N-dealkylation sites (N-methyl/N-ethyl adjacent to an activating group) is 1. The highest BCUT2D eigenvalue weighted by molar-refractivity contribution is 7.89. The number of carbonyl (C=O) groups excluding carboxylic acids is 1. The maximum atomic E-state index is 12.7. The highest BCUT2D eigenvalue weighted by Crippen LogP contribution is 2.33. The Kier molecular flexibility index (Phi) is 7.97. The Morgan fingerprint density at radius 1 is 1.00 bits per heavy atom. The van der Waals surface area contributed by atoms with Crippen molar-refractivity contribution in [1.82, 2.24) is 20.2 Å². The highest BCUT2D eigenvalue weighted by Gasteiger charge is 2.19. The van der Waals surface area contributed by atoms with Gasteiger partial charge in [0.25, 0.3) is 5.91 Å². The molecule has 11 heteroatoms. The molecule has 0 aliphatic carbocycles. The number of nitrogens with zero attached hydrogens (tertiary/aromatic N) is 2. The van der Waals surface area contributed by atoms with E-state index in [1.807, 2.05) is 30.3 Å². The van der Waals surface area contributed by atoms with Crippen LogP contribution in [0.25, 0.3) is 22.0 Å². The molecule has 0 spiro atoms. The third-order valence-electron chi connectivity index (χ3n) is 5.61. The van der Waals surface area contributed by atoms with Gasteiger partial charge in [-0.1, -0.05) is 36.4 Å². The molecule has 37 heavy (non-hydrogen) atoms. The van der Waals surface area contributed by atoms with Crippen molar-refractivity contribution in [3.8, 4) is 17.0 Å². The number of fused-ring (bicyclic) bond motifs is 1. The molecule has 0 saturated carbocycles. The largest absolute Gasteiger partial charge is 0.484 e. The SMILES string of the molecule is CNC(=O)COc1ccc(Nc2nnc(-c3ccc(C)c(S(=O)(=O)NCCO)c3)c3ccccc23)cc1. The van der Waals surface area contributed by atoms with E-state index in [4.69, 9.17) is 9.84 Å². The van der Waals surface area contributed by atoms with Crippen LogP contribution in [0.3, 0.4) is 0 Å². The third-order valence-corrected chi connectivity index (χ3v) is 7.21. The summed E-state index contributed by atoms with van der Waals surface area (Å²) in [7, 11) is -2.26. The summed E-state index contributed by atoms with van der Waals surface area (Å²) in [6.07, 6.45) is 0. The van der Waals surface area contributed by atoms with E-state index < -0.39 is 10.0 Å². The van der Waals surface area contributed by atoms with Crippen LogP contribution in [0.15, 0.2) is 71.6 Å². The molecular weight excluding hydrogens is 494 g/mol. The summed E-state index contributed by atoms with van der Waals surface area (Å²) < 4.78 is 33.3. The van der Waals surface area contributed by atoms with Crippen molar-refractivity contribution in [2.24, 2.45) is 0 Å². The Morgan fingerprint density at radius 3 is 2.43 bits per heavy atom. The molecule has 0 fully saturated rings. The van der Waals surface area contributed by atoms with E-state index in [1.54, 1.807) is 50.4 Å². The molecule has 0 saturated heterocycles. The predicted molar refractivity (Wildman–Crippen MR) is 141 cm³/mol. The van der Waals surface area contributed by atoms with Crippen molar-refractivity contribution >= 4 is 38.2 Å². The first-order valence-corrected chi connectivity index (χ1v) is 13.0. The van der Waals surface area contributed by atoms with Crippen LogP contribution in [-0.2, 0) is 14.8 Å². The Morgan fingerprint density at radius 2 is 1.73 bits per heavy atom. The first-order valence-electron chi connectivity index (χ1n) is 11.5. The lowest BCUT2D eigenvalue weighted by Crippen LogP contribution is -2.27. The van der Waals surface area contributed by atoms with E-state index in [0.717, 1.165) is 16.5 Å². The molecule has 1 heterocycles. The summed E-state index contributed by atoms with van der Waals surface area (Å²) in [5.74, 6) is 0.866. The second-order valence-electron chi connectivity index (χ2n) is 8.16. The van der Waals surface area contributed by atoms with E-state index in [9.17, 15) is 13.2 Å². The van der Waals surface area contributed by atoms with Crippen molar-refractivity contribution in [3.05, 3.63) is 72.3 Å². The van der Waals surface area contributed by atoms with Gasteiger partial charge in [-0.3, -0.25) is 4.79 Å². The molecule has 192 valence electrons. The quantitative estimate of drug-likeness (QED) is 0.250. The minimum atomic E-state index is -3.80. The summed E-state index contributed by atoms with van der Waals surface area (Å²) in [4.78, 5) is 11.5. The van der Waals surface area contributed by atoms with Gasteiger partial charge in [-0.25, -0.2) is 13.1 Å². The van der Waals surface area contributed by atoms with Crippen LogP contribution in [-0.4, -0.2) is 56.4 Å². The molecule has 1 amide bonds. The van der Waals surface area contributed by atoms with Crippen LogP contribution in [0.4, 0.5) is 11.5 Å². The van der Waals surface area contributed by atoms with Crippen LogP contribution in [0.5, 0.6) is 5.75 Å². The molecule has 4 N–H and O–H groups in total. The Bertz CT molecular complexity index is 1520. The average molecular weight is 522 g/mol. The lowest BCUT2D eigenvalue weighted by atomic mass is 10.0. The Labute approximate surface area is 214 Å². The molecule has 0 bridgehead atoms. The minimum Gasteiger partial charge on any atom is -0.484 e. The van der Waals surface area contributed by atoms with Gasteiger partial charge in [0, 0.05) is 35.6 Å². The number of rotatable bonds is 10. The number of hydrogen-bond acceptors (Lipinski definition) is 8. The lowest BCUT2D eigenvalue weighted by Gasteiger charge is -2.14. The number of amides is 1. The third kappa shape index (κ3) is 6.02. The molecule has 0 aliphatic heterocycles. The molecule has 1 aromatic heterocycles. The van der Waals surface area contributed by atoms with Crippen LogP contribution in [0, 0.1) is 6.92 Å². The highest BCUT2D eigenvalue weighted by atomic mass is 32.2. The summed E-state index contributed by atoms with van der Waals surface area (Å²) in [5, 5.41) is 25.2. The summed E-state index contributed by atoms with van der Waals surface area (Å²) in [6, 6.07) is 19.8. The average Bonchev–Trinajstić information content (AvgIpc) is 2.92. The van der Waals surface area contributed by atoms with Gasteiger partial charge in [0.2, 0.25) is 10.0 Å². The number of carbonyl (C=O) groups is 1. The summed E-state index contributed by atoms with van der Waals surface area (Å²) >= 11 is 0. The van der Waals surface area contributed by atoms with E-state index in [2.05, 4.69) is 25.6 Å². The molecular formula is C26H27N5O5S. The van der Waals surface area contributed by atoms with Gasteiger partial charge in [0.1, 0.15) is 11.4 Å². The number of nitrogens with one attached hydrogen (secondary N) is 3. The number of anilines is 2. The van der Waals surface area contributed by atoms with Crippen molar-refractivity contribution in [3.63, 3.8) is 0 Å². The van der Waals surface area contributed by atoms with Gasteiger partial charge in [-0.2, -0.15) is 0 Å². The zero-order valence-electron chi connectivity index (χ0n) is 20.4. The van der Waals surface area contributed by atoms with Crippen LogP contribution >= 0.6 is 0 Å². The topological polar surface area (TPSA) is 143 Å². The maximum Gasteiger partial charge on any atom is 0.257 e. The van der Waals surface area contributed by atoms with Gasteiger partial charge in [-0.05, 0) is 42.8 Å². The van der Waals surface area contributed by atoms with Crippen LogP contribution < -0.4 is 20.1 Å². The van der Waals surface area contributed by atoms with Crippen molar-refractivity contribution < 1.29 is 23.1 Å². The van der Waals surface area contributed by atoms with E-state index in [-0.39, 0.29) is 30.6 Å². The van der Waals surface area contributed by atoms with Crippen LogP contribution in [0.2, 0.25) is 0 Å². The monoisotopic (exact) mass is 521 g/mol. The molecule has 0 atom stereocenters. The molecule has 0 unspecified atom stereocenters. The van der Waals surface area contributed by atoms with E-state index in [1.165, 1.54) is 0 Å². The van der Waals surface area contributed by atoms with Crippen molar-refractivity contribution in [2.45, 2.75) is 11.8 Å². The van der Waals surface area contributed by atoms with Gasteiger partial charge in [0.05, 0.1) is 11.5 Å². The first kappa shape index (κ1) is 26.0. The molecule has 10 nitrogen and oxygen atoms in total. The number of ether oxygens (including phenoxy) is 1. The van der Waals surface area contributed by atoms with E-state index >= 15 is 0 Å². The predicted octanol–water partition coefficient (Wildman–Crippen LogP) is 2.74. The molecule has 4 aromatic rings. The lowest BCUT2D eigenvalue weighted by molar-refractivity contribution is -0.122. The Balaban J connectivity index is 1.65. The van der Waals surface area contributed by atoms with Gasteiger partial charge >= 0.3 is 0 Å². The zero-order valence-corrected chi connectivity index (χ0v) is 21.2. The number of aryl methyl sites for hydroxylation is 1. The van der Waals surface area contributed by atoms with Gasteiger partial charge in [-0.15, -0.1) is 10.2 Å². The molecule has 4 rings (SSSR count). The zero-order chi connectivity index (χ0) is 26.4. The second kappa shape index (κ2) is 11.3. The molecule has 0 radical (unpaired) electrons. The fourth-order valence-corrected chi connectivity index (χ4v) is 4.99. The summed E-state index contributed by atoms with van der Waals surface area (Å²) in [6.45, 7) is 1.27. The maximum absolute atomic E-state index is 12.7. The normalized spacial score (nSPS) is 11.3. The number of sulfonamides is 1. The number of benzene rings is 3. The standard InChI is InChI=1S/C26H27N5O5S/c1-17-7-8-18(15-23(17)37(34,35)28-13-14-32)25-21-5-3-4-6-22(21)26(31-30-25)29-19-9-11-20(12-10-19)36-16-24(33)27-2/h3-12,15,28,32H,13-14,16H2,1-2H3,(H,27,33)(H,29,31). The minimum absolute atomic E-state index is 0.0691. The van der Waals surface area contributed by atoms with Crippen molar-refractivity contribution in [1.29, 1.82) is 0 Å². The number of aliphatic hydroxyl groups is 1. The molecule has 3 aromatic carbocycles. The fraction of sp³-hybridized carbons (Fsp3) is 0.192. The molecule has 0 aliphatic rings. The Hall–Kier alpha value is -4.06. The second-order valence-corrected chi connectivity index (χ2v) is 9.89. The smallest absolute Gasteiger partial charge is 0.257 e. The van der Waals surface area contributed by atoms with Crippen molar-refractivity contribution in [2.75, 3.05) is 32.1 Å². The number of aliphatic hydroxyl groups excluding tert-OH is 1. The summed E-state index contributed by atoms with van der Waals surface area (Å²) in [5.41, 5.74) is 2.46. The first-order chi connectivity index (χ1) is 17.8. The number of hydrogen-bond donors (Lipinski definition) is 4. The van der Waals surface area contributed by atoms with Gasteiger partial charge in [0.15, 0.2) is 12.4 Å². The van der Waals surface area contributed by atoms with Crippen LogP contribution in [0.1, 0.15) is 5.56 Å².